The van der Waals surface area contributed by atoms with Crippen molar-refractivity contribution in [2.75, 3.05) is 38.3 Å². The van der Waals surface area contributed by atoms with Gasteiger partial charge < -0.3 is 24.7 Å². The Bertz CT molecular complexity index is 1830. The Balaban J connectivity index is 1.45. The second-order valence-corrected chi connectivity index (χ2v) is 10.1. The molecule has 1 aliphatic heterocycles. The number of ketones is 1. The molecule has 4 heterocycles. The number of fused-ring (bicyclic) bond motifs is 1. The lowest BCUT2D eigenvalue weighted by molar-refractivity contribution is 0.0960. The molecule has 220 valence electrons. The highest BCUT2D eigenvalue weighted by atomic mass is 19.1. The minimum Gasteiger partial charge on any atom is -0.496 e. The number of hydrogen-bond acceptors (Lipinski definition) is 9. The first-order valence-corrected chi connectivity index (χ1v) is 13.7. The molecule has 2 N–H and O–H groups in total. The summed E-state index contributed by atoms with van der Waals surface area (Å²) >= 11 is 0. The van der Waals surface area contributed by atoms with E-state index >= 15 is 0 Å². The van der Waals surface area contributed by atoms with E-state index in [-0.39, 0.29) is 41.1 Å². The normalized spacial score (nSPS) is 15.2. The molecule has 5 aromatic rings. The lowest BCUT2D eigenvalue weighted by atomic mass is 10.0. The number of methoxy groups -OCH3 is 1. The van der Waals surface area contributed by atoms with Gasteiger partial charge in [0.15, 0.2) is 17.4 Å². The zero-order valence-corrected chi connectivity index (χ0v) is 23.6. The number of imidazole rings is 1. The molecule has 1 atom stereocenters. The van der Waals surface area contributed by atoms with E-state index in [0.717, 1.165) is 17.4 Å². The minimum atomic E-state index is -0.562. The second-order valence-electron chi connectivity index (χ2n) is 10.1. The topological polar surface area (TPSA) is 121 Å². The van der Waals surface area contributed by atoms with Gasteiger partial charge in [0.1, 0.15) is 28.6 Å². The van der Waals surface area contributed by atoms with E-state index in [2.05, 4.69) is 19.9 Å². The zero-order valence-electron chi connectivity index (χ0n) is 23.6. The molecule has 2 aromatic carbocycles. The molecule has 1 fully saturated rings. The Kier molecular flexibility index (Phi) is 7.78. The van der Waals surface area contributed by atoms with Crippen molar-refractivity contribution in [2.45, 2.75) is 12.5 Å². The Morgan fingerprint density at radius 1 is 1.12 bits per heavy atom. The van der Waals surface area contributed by atoms with Gasteiger partial charge >= 0.3 is 0 Å². The van der Waals surface area contributed by atoms with E-state index in [1.807, 2.05) is 23.7 Å². The third-order valence-corrected chi connectivity index (χ3v) is 7.62. The number of benzene rings is 2. The lowest BCUT2D eigenvalue weighted by Gasteiger charge is -2.38. The van der Waals surface area contributed by atoms with Gasteiger partial charge in [-0.3, -0.25) is 9.78 Å². The molecule has 3 aromatic heterocycles. The molecule has 0 aliphatic carbocycles. The number of Topliss-reactive ketones (excluding diaryl/α,β-unsaturated/α-hetero) is 1. The van der Waals surface area contributed by atoms with E-state index in [1.165, 1.54) is 37.7 Å². The lowest BCUT2D eigenvalue weighted by Crippen LogP contribution is -2.50. The minimum absolute atomic E-state index is 0.0275. The summed E-state index contributed by atoms with van der Waals surface area (Å²) in [5.74, 6) is -0.621. The molecule has 10 nitrogen and oxygen atoms in total. The van der Waals surface area contributed by atoms with Crippen LogP contribution in [0.3, 0.4) is 0 Å². The number of ether oxygens (including phenoxy) is 2. The van der Waals surface area contributed by atoms with Crippen molar-refractivity contribution in [2.24, 2.45) is 12.8 Å². The molecular formula is C31H29F2N7O3. The van der Waals surface area contributed by atoms with Crippen LogP contribution in [-0.4, -0.2) is 69.7 Å². The molecule has 12 heteroatoms. The Labute approximate surface area is 246 Å². The third-order valence-electron chi connectivity index (χ3n) is 7.62. The molecule has 0 unspecified atom stereocenters. The van der Waals surface area contributed by atoms with Crippen molar-refractivity contribution in [3.63, 3.8) is 0 Å². The highest BCUT2D eigenvalue weighted by Gasteiger charge is 2.29. The number of nitrogens with two attached hydrogens (primary N) is 1. The molecular weight excluding hydrogens is 556 g/mol. The number of carbonyl (C=O) groups excluding carboxylic acids is 1. The first-order chi connectivity index (χ1) is 20.9. The monoisotopic (exact) mass is 585 g/mol. The summed E-state index contributed by atoms with van der Waals surface area (Å²) < 4.78 is 42.4. The van der Waals surface area contributed by atoms with Crippen molar-refractivity contribution in [1.82, 2.24) is 24.5 Å². The van der Waals surface area contributed by atoms with Crippen LogP contribution >= 0.6 is 0 Å². The smallest absolute Gasteiger partial charge is 0.185 e. The van der Waals surface area contributed by atoms with Gasteiger partial charge in [-0.25, -0.2) is 23.7 Å². The standard InChI is InChI=1S/C31H29F2N7O3/c1-39-24-7-6-18(14-25(41)23-9-11-36-30(37-23)27-21(32)4-3-5-26(27)42-2)29(40-12-13-43-17-19(40)15-34)28(24)38-31(39)20-8-10-35-16-22(20)33/h3-11,16,19H,12-15,17,34H2,1-2H3/t19-/m0/s1. The van der Waals surface area contributed by atoms with Crippen molar-refractivity contribution < 1.29 is 23.0 Å². The maximum atomic E-state index is 14.8. The molecule has 6 rings (SSSR count). The number of halogens is 2. The maximum Gasteiger partial charge on any atom is 0.185 e. The number of aromatic nitrogens is 5. The molecule has 1 saturated heterocycles. The van der Waals surface area contributed by atoms with E-state index < -0.39 is 11.6 Å². The SMILES string of the molecule is COc1cccc(F)c1-c1nccc(C(=O)Cc2ccc3c(nc(-c4ccncc4F)n3C)c2N2CCOC[C@@H]2CN)n1. The van der Waals surface area contributed by atoms with Crippen LogP contribution in [0.2, 0.25) is 0 Å². The highest BCUT2D eigenvalue weighted by molar-refractivity contribution is 6.00. The molecule has 0 spiro atoms. The van der Waals surface area contributed by atoms with Gasteiger partial charge in [-0.1, -0.05) is 12.1 Å². The summed E-state index contributed by atoms with van der Waals surface area (Å²) in [5, 5.41) is 0. The van der Waals surface area contributed by atoms with Crippen LogP contribution in [0.25, 0.3) is 33.8 Å². The van der Waals surface area contributed by atoms with Crippen LogP contribution in [0.1, 0.15) is 16.1 Å². The van der Waals surface area contributed by atoms with Crippen LogP contribution in [0.15, 0.2) is 61.1 Å². The van der Waals surface area contributed by atoms with Gasteiger partial charge in [-0.05, 0) is 35.9 Å². The van der Waals surface area contributed by atoms with Gasteiger partial charge in [0.05, 0.1) is 54.9 Å². The van der Waals surface area contributed by atoms with Gasteiger partial charge in [0.25, 0.3) is 0 Å². The average molecular weight is 586 g/mol. The van der Waals surface area contributed by atoms with Crippen LogP contribution in [0.4, 0.5) is 14.5 Å². The number of hydrogen-bond donors (Lipinski definition) is 1. The molecule has 0 radical (unpaired) electrons. The summed E-state index contributed by atoms with van der Waals surface area (Å²) in [6, 6.07) is 11.1. The number of aryl methyl sites for hydroxylation is 1. The van der Waals surface area contributed by atoms with Gasteiger partial charge in [0.2, 0.25) is 0 Å². The number of rotatable bonds is 8. The Morgan fingerprint density at radius 3 is 2.77 bits per heavy atom. The molecule has 0 amide bonds. The number of morpholine rings is 1. The van der Waals surface area contributed by atoms with Crippen LogP contribution in [0, 0.1) is 11.6 Å². The van der Waals surface area contributed by atoms with E-state index in [4.69, 9.17) is 20.2 Å². The molecule has 43 heavy (non-hydrogen) atoms. The van der Waals surface area contributed by atoms with Gasteiger partial charge in [-0.15, -0.1) is 0 Å². The number of anilines is 1. The number of pyridine rings is 1. The summed E-state index contributed by atoms with van der Waals surface area (Å²) in [4.78, 5) is 33.2. The fourth-order valence-corrected chi connectivity index (χ4v) is 5.48. The first kappa shape index (κ1) is 28.3. The largest absolute Gasteiger partial charge is 0.496 e. The fourth-order valence-electron chi connectivity index (χ4n) is 5.48. The highest BCUT2D eigenvalue weighted by Crippen LogP contribution is 2.36. The summed E-state index contributed by atoms with van der Waals surface area (Å²) in [7, 11) is 3.25. The Hall–Kier alpha value is -4.81. The molecule has 0 bridgehead atoms. The van der Waals surface area contributed by atoms with Crippen molar-refractivity contribution in [1.29, 1.82) is 0 Å². The van der Waals surface area contributed by atoms with Crippen molar-refractivity contribution in [3.05, 3.63) is 83.9 Å². The first-order valence-electron chi connectivity index (χ1n) is 13.7. The van der Waals surface area contributed by atoms with Crippen molar-refractivity contribution in [3.8, 4) is 28.5 Å². The zero-order chi connectivity index (χ0) is 30.1. The van der Waals surface area contributed by atoms with Crippen molar-refractivity contribution >= 4 is 22.5 Å². The Morgan fingerprint density at radius 2 is 1.98 bits per heavy atom. The van der Waals surface area contributed by atoms with E-state index in [1.54, 1.807) is 12.1 Å². The average Bonchev–Trinajstić information content (AvgIpc) is 3.36. The van der Waals surface area contributed by atoms with Gasteiger partial charge in [0, 0.05) is 39.0 Å². The van der Waals surface area contributed by atoms with Gasteiger partial charge in [-0.2, -0.15) is 0 Å². The second kappa shape index (κ2) is 11.8. The van der Waals surface area contributed by atoms with Crippen LogP contribution in [0.5, 0.6) is 5.75 Å². The summed E-state index contributed by atoms with van der Waals surface area (Å²) in [5.41, 5.74) is 9.45. The molecule has 1 aliphatic rings. The maximum absolute atomic E-state index is 14.8. The number of carbonyl (C=O) groups is 1. The van der Waals surface area contributed by atoms with E-state index in [0.29, 0.717) is 48.8 Å². The fraction of sp³-hybridized carbons (Fsp3) is 0.258. The van der Waals surface area contributed by atoms with Crippen LogP contribution < -0.4 is 15.4 Å². The summed E-state index contributed by atoms with van der Waals surface area (Å²) in [6.45, 7) is 1.74. The summed E-state index contributed by atoms with van der Waals surface area (Å²) in [6.07, 6.45) is 4.06. The third kappa shape index (κ3) is 5.19. The van der Waals surface area contributed by atoms with E-state index in [9.17, 15) is 13.6 Å². The number of nitrogens with zero attached hydrogens (tertiary/aromatic N) is 6. The van der Waals surface area contributed by atoms with Crippen LogP contribution in [-0.2, 0) is 18.2 Å². The predicted molar refractivity (Wildman–Crippen MR) is 157 cm³/mol. The molecule has 0 saturated carbocycles. The quantitative estimate of drug-likeness (QED) is 0.270. The predicted octanol–water partition coefficient (Wildman–Crippen LogP) is 3.97.